The van der Waals surface area contributed by atoms with Crippen LogP contribution in [0.25, 0.3) is 0 Å². The first-order chi connectivity index (χ1) is 7.71. The number of hydrogen-bond acceptors (Lipinski definition) is 2. The molecule has 1 heterocycles. The summed E-state index contributed by atoms with van der Waals surface area (Å²) < 4.78 is 0. The van der Waals surface area contributed by atoms with Gasteiger partial charge in [-0.05, 0) is 87.0 Å². The Hall–Kier alpha value is -0.0800. The second-order valence-electron chi connectivity index (χ2n) is 7.38. The van der Waals surface area contributed by atoms with Crippen LogP contribution in [0.4, 0.5) is 0 Å². The number of nitrogens with zero attached hydrogens (tertiary/aromatic N) is 2. The van der Waals surface area contributed by atoms with Crippen LogP contribution in [-0.4, -0.2) is 47.1 Å². The zero-order chi connectivity index (χ0) is 13.1. The first-order valence-electron chi connectivity index (χ1n) is 7.21. The maximum absolute atomic E-state index is 2.65. The number of rotatable bonds is 0. The van der Waals surface area contributed by atoms with Crippen LogP contribution in [0.2, 0.25) is 0 Å². The van der Waals surface area contributed by atoms with Crippen LogP contribution in [0.3, 0.4) is 0 Å². The van der Waals surface area contributed by atoms with Crippen LogP contribution in [0.1, 0.15) is 60.8 Å². The Morgan fingerprint density at radius 2 is 0.824 bits per heavy atom. The molecular weight excluding hydrogens is 208 g/mol. The fraction of sp³-hybridized carbons (Fsp3) is 1.00. The van der Waals surface area contributed by atoms with Crippen LogP contribution in [0.5, 0.6) is 0 Å². The predicted molar refractivity (Wildman–Crippen MR) is 76.5 cm³/mol. The Morgan fingerprint density at radius 1 is 0.529 bits per heavy atom. The van der Waals surface area contributed by atoms with Gasteiger partial charge >= 0.3 is 0 Å². The number of hydrogen-bond donors (Lipinski definition) is 0. The largest absolute Gasteiger partial charge is 0.298 e. The third-order valence-electron chi connectivity index (χ3n) is 3.86. The Morgan fingerprint density at radius 3 is 1.12 bits per heavy atom. The third kappa shape index (κ3) is 4.97. The standard InChI is InChI=1S/C15H32N2/c1-14(2,3)16-10-7-8-11-17(13-9-12-16)15(4,5)6/h7-13H2,1-6H3. The lowest BCUT2D eigenvalue weighted by Crippen LogP contribution is -2.44. The average Bonchev–Trinajstić information content (AvgIpc) is 2.25. The van der Waals surface area contributed by atoms with Gasteiger partial charge in [0.1, 0.15) is 0 Å². The van der Waals surface area contributed by atoms with Crippen molar-refractivity contribution in [3.05, 3.63) is 0 Å². The van der Waals surface area contributed by atoms with Gasteiger partial charge in [-0.15, -0.1) is 0 Å². The molecule has 0 spiro atoms. The molecule has 0 aromatic carbocycles. The lowest BCUT2D eigenvalue weighted by molar-refractivity contribution is 0.119. The predicted octanol–water partition coefficient (Wildman–Crippen LogP) is 3.37. The lowest BCUT2D eigenvalue weighted by atomic mass is 10.0. The van der Waals surface area contributed by atoms with E-state index in [1.54, 1.807) is 0 Å². The van der Waals surface area contributed by atoms with E-state index < -0.39 is 0 Å². The van der Waals surface area contributed by atoms with Crippen molar-refractivity contribution >= 4 is 0 Å². The smallest absolute Gasteiger partial charge is 0.0125 e. The van der Waals surface area contributed by atoms with Crippen molar-refractivity contribution in [2.45, 2.75) is 71.9 Å². The maximum Gasteiger partial charge on any atom is 0.0125 e. The summed E-state index contributed by atoms with van der Waals surface area (Å²) in [5.74, 6) is 0. The van der Waals surface area contributed by atoms with Crippen LogP contribution < -0.4 is 0 Å². The van der Waals surface area contributed by atoms with E-state index in [9.17, 15) is 0 Å². The quantitative estimate of drug-likeness (QED) is 0.640. The van der Waals surface area contributed by atoms with Gasteiger partial charge in [0.25, 0.3) is 0 Å². The van der Waals surface area contributed by atoms with E-state index in [-0.39, 0.29) is 0 Å². The summed E-state index contributed by atoms with van der Waals surface area (Å²) in [6, 6.07) is 0. The molecule has 0 N–H and O–H groups in total. The molecule has 0 aromatic rings. The molecule has 2 heteroatoms. The second kappa shape index (κ2) is 5.71. The van der Waals surface area contributed by atoms with Gasteiger partial charge in [0.15, 0.2) is 0 Å². The Kier molecular flexibility index (Phi) is 5.03. The highest BCUT2D eigenvalue weighted by atomic mass is 15.2. The van der Waals surface area contributed by atoms with Gasteiger partial charge in [0, 0.05) is 11.1 Å². The molecule has 2 nitrogen and oxygen atoms in total. The van der Waals surface area contributed by atoms with Crippen molar-refractivity contribution in [2.75, 3.05) is 26.2 Å². The molecule has 1 aliphatic heterocycles. The monoisotopic (exact) mass is 240 g/mol. The summed E-state index contributed by atoms with van der Waals surface area (Å²) in [4.78, 5) is 5.30. The Labute approximate surface area is 108 Å². The highest BCUT2D eigenvalue weighted by molar-refractivity contribution is 4.81. The van der Waals surface area contributed by atoms with E-state index >= 15 is 0 Å². The van der Waals surface area contributed by atoms with Gasteiger partial charge < -0.3 is 0 Å². The molecular formula is C15H32N2. The summed E-state index contributed by atoms with van der Waals surface area (Å²) in [5, 5.41) is 0. The summed E-state index contributed by atoms with van der Waals surface area (Å²) in [7, 11) is 0. The minimum absolute atomic E-state index is 0.330. The molecule has 1 fully saturated rings. The highest BCUT2D eigenvalue weighted by Gasteiger charge is 2.25. The van der Waals surface area contributed by atoms with Gasteiger partial charge in [-0.2, -0.15) is 0 Å². The van der Waals surface area contributed by atoms with E-state index in [0.29, 0.717) is 11.1 Å². The van der Waals surface area contributed by atoms with E-state index in [1.165, 1.54) is 45.4 Å². The highest BCUT2D eigenvalue weighted by Crippen LogP contribution is 2.20. The van der Waals surface area contributed by atoms with Crippen molar-refractivity contribution < 1.29 is 0 Å². The molecule has 17 heavy (non-hydrogen) atoms. The Bertz CT molecular complexity index is 198. The molecule has 1 aliphatic rings. The molecule has 0 amide bonds. The van der Waals surface area contributed by atoms with Crippen LogP contribution >= 0.6 is 0 Å². The normalized spacial score (nSPS) is 22.9. The van der Waals surface area contributed by atoms with Crippen molar-refractivity contribution in [3.63, 3.8) is 0 Å². The van der Waals surface area contributed by atoms with Crippen LogP contribution in [0.15, 0.2) is 0 Å². The van der Waals surface area contributed by atoms with Crippen LogP contribution in [-0.2, 0) is 0 Å². The molecule has 0 aromatic heterocycles. The maximum atomic E-state index is 2.65. The summed E-state index contributed by atoms with van der Waals surface area (Å²) in [5.41, 5.74) is 0.661. The molecule has 1 saturated heterocycles. The first kappa shape index (κ1) is 15.0. The fourth-order valence-corrected chi connectivity index (χ4v) is 2.62. The van der Waals surface area contributed by atoms with Gasteiger partial charge in [-0.1, -0.05) is 0 Å². The average molecular weight is 240 g/mol. The topological polar surface area (TPSA) is 6.48 Å². The van der Waals surface area contributed by atoms with E-state index in [2.05, 4.69) is 51.3 Å². The molecule has 0 unspecified atom stereocenters. The van der Waals surface area contributed by atoms with E-state index in [1.807, 2.05) is 0 Å². The summed E-state index contributed by atoms with van der Waals surface area (Å²) in [6.07, 6.45) is 3.97. The lowest BCUT2D eigenvalue weighted by Gasteiger charge is -2.36. The SMILES string of the molecule is CC(C)(C)N1CCCCN(C(C)(C)C)CCC1. The van der Waals surface area contributed by atoms with Gasteiger partial charge in [-0.25, -0.2) is 0 Å². The molecule has 102 valence electrons. The zero-order valence-electron chi connectivity index (χ0n) is 12.8. The third-order valence-corrected chi connectivity index (χ3v) is 3.86. The van der Waals surface area contributed by atoms with Crippen molar-refractivity contribution in [2.24, 2.45) is 0 Å². The summed E-state index contributed by atoms with van der Waals surface area (Å²) >= 11 is 0. The Balaban J connectivity index is 2.56. The molecule has 0 atom stereocenters. The van der Waals surface area contributed by atoms with Gasteiger partial charge in [0.2, 0.25) is 0 Å². The van der Waals surface area contributed by atoms with Crippen LogP contribution in [0, 0.1) is 0 Å². The molecule has 0 bridgehead atoms. The summed E-state index contributed by atoms with van der Waals surface area (Å²) in [6.45, 7) is 19.1. The second-order valence-corrected chi connectivity index (χ2v) is 7.38. The zero-order valence-corrected chi connectivity index (χ0v) is 12.8. The first-order valence-corrected chi connectivity index (χ1v) is 7.21. The molecule has 1 rings (SSSR count). The minimum Gasteiger partial charge on any atom is -0.298 e. The van der Waals surface area contributed by atoms with E-state index in [0.717, 1.165) is 0 Å². The molecule has 0 saturated carbocycles. The van der Waals surface area contributed by atoms with E-state index in [4.69, 9.17) is 0 Å². The van der Waals surface area contributed by atoms with Gasteiger partial charge in [-0.3, -0.25) is 9.80 Å². The van der Waals surface area contributed by atoms with Crippen molar-refractivity contribution in [1.29, 1.82) is 0 Å². The van der Waals surface area contributed by atoms with Gasteiger partial charge in [0.05, 0.1) is 0 Å². The molecule has 0 aliphatic carbocycles. The fourth-order valence-electron chi connectivity index (χ4n) is 2.62. The minimum atomic E-state index is 0.330. The van der Waals surface area contributed by atoms with Crippen molar-refractivity contribution in [1.82, 2.24) is 9.80 Å². The molecule has 0 radical (unpaired) electrons. The van der Waals surface area contributed by atoms with Crippen molar-refractivity contribution in [3.8, 4) is 0 Å².